The van der Waals surface area contributed by atoms with Crippen molar-refractivity contribution in [2.45, 2.75) is 64.1 Å². The number of amides is 1. The van der Waals surface area contributed by atoms with Gasteiger partial charge in [0.15, 0.2) is 17.0 Å². The third-order valence-electron chi connectivity index (χ3n) is 6.27. The highest BCUT2D eigenvalue weighted by atomic mass is 32.2. The van der Waals surface area contributed by atoms with Gasteiger partial charge in [0.1, 0.15) is 0 Å². The van der Waals surface area contributed by atoms with E-state index in [0.717, 1.165) is 22.6 Å². The summed E-state index contributed by atoms with van der Waals surface area (Å²) in [4.78, 5) is 16.5. The van der Waals surface area contributed by atoms with Crippen molar-refractivity contribution in [3.63, 3.8) is 0 Å². The molecular weight excluding hydrogens is 432 g/mol. The summed E-state index contributed by atoms with van der Waals surface area (Å²) in [6.45, 7) is 6.26. The number of anilines is 1. The van der Waals surface area contributed by atoms with E-state index < -0.39 is 0 Å². The minimum Gasteiger partial charge on any atom is -0.493 e. The van der Waals surface area contributed by atoms with Crippen LogP contribution in [-0.4, -0.2) is 35.6 Å². The number of nitrogens with zero attached hydrogens (tertiary/aromatic N) is 1. The SMILES string of the molecule is COc1cc(/C=C2\SC(Nc3ccccc3)N([C@H]3CCCC[C@H]3C)C2=O)ccc1OC(C)C. The van der Waals surface area contributed by atoms with Crippen molar-refractivity contribution >= 4 is 29.4 Å². The van der Waals surface area contributed by atoms with Gasteiger partial charge in [-0.3, -0.25) is 4.79 Å². The summed E-state index contributed by atoms with van der Waals surface area (Å²) >= 11 is 1.59. The van der Waals surface area contributed by atoms with E-state index in [9.17, 15) is 4.79 Å². The topological polar surface area (TPSA) is 50.8 Å². The summed E-state index contributed by atoms with van der Waals surface area (Å²) in [5.74, 6) is 1.98. The Morgan fingerprint density at radius 2 is 1.85 bits per heavy atom. The van der Waals surface area contributed by atoms with Crippen LogP contribution in [0.15, 0.2) is 53.4 Å². The van der Waals surface area contributed by atoms with Crippen molar-refractivity contribution < 1.29 is 14.3 Å². The predicted octanol–water partition coefficient (Wildman–Crippen LogP) is 6.37. The average Bonchev–Trinajstić information content (AvgIpc) is 3.10. The molecule has 0 bridgehead atoms. The molecule has 1 heterocycles. The Morgan fingerprint density at radius 3 is 2.55 bits per heavy atom. The van der Waals surface area contributed by atoms with Gasteiger partial charge in [0, 0.05) is 11.7 Å². The number of hydrogen-bond donors (Lipinski definition) is 1. The van der Waals surface area contributed by atoms with E-state index in [0.29, 0.717) is 17.4 Å². The molecule has 2 fully saturated rings. The molecule has 0 spiro atoms. The Bertz CT molecular complexity index is 992. The van der Waals surface area contributed by atoms with Gasteiger partial charge >= 0.3 is 0 Å². The molecule has 3 atom stereocenters. The van der Waals surface area contributed by atoms with Crippen LogP contribution in [0.3, 0.4) is 0 Å². The maximum Gasteiger partial charge on any atom is 0.262 e. The molecule has 1 saturated heterocycles. The van der Waals surface area contributed by atoms with Crippen LogP contribution in [0.25, 0.3) is 6.08 Å². The fraction of sp³-hybridized carbons (Fsp3) is 0.444. The maximum atomic E-state index is 13.7. The van der Waals surface area contributed by atoms with Crippen molar-refractivity contribution in [2.75, 3.05) is 12.4 Å². The van der Waals surface area contributed by atoms with Gasteiger partial charge in [0.25, 0.3) is 5.91 Å². The second-order valence-corrected chi connectivity index (χ2v) is 10.2. The van der Waals surface area contributed by atoms with Crippen molar-refractivity contribution in [1.82, 2.24) is 4.90 Å². The van der Waals surface area contributed by atoms with E-state index in [-0.39, 0.29) is 23.6 Å². The molecule has 176 valence electrons. The van der Waals surface area contributed by atoms with E-state index in [1.807, 2.05) is 68.5 Å². The van der Waals surface area contributed by atoms with E-state index in [4.69, 9.17) is 9.47 Å². The number of nitrogens with one attached hydrogen (secondary N) is 1. The van der Waals surface area contributed by atoms with Crippen molar-refractivity contribution in [1.29, 1.82) is 0 Å². The lowest BCUT2D eigenvalue weighted by atomic mass is 9.85. The first-order valence-electron chi connectivity index (χ1n) is 11.8. The maximum absolute atomic E-state index is 13.7. The zero-order valence-electron chi connectivity index (χ0n) is 19.9. The summed E-state index contributed by atoms with van der Waals surface area (Å²) in [6.07, 6.45) is 6.69. The van der Waals surface area contributed by atoms with Gasteiger partial charge in [-0.25, -0.2) is 0 Å². The van der Waals surface area contributed by atoms with Crippen LogP contribution in [0.4, 0.5) is 5.69 Å². The smallest absolute Gasteiger partial charge is 0.262 e. The lowest BCUT2D eigenvalue weighted by molar-refractivity contribution is -0.129. The van der Waals surface area contributed by atoms with Gasteiger partial charge in [-0.1, -0.05) is 55.8 Å². The number of benzene rings is 2. The van der Waals surface area contributed by atoms with Gasteiger partial charge in [-0.2, -0.15) is 0 Å². The van der Waals surface area contributed by atoms with E-state index >= 15 is 0 Å². The minimum atomic E-state index is -0.123. The molecule has 0 radical (unpaired) electrons. The van der Waals surface area contributed by atoms with Gasteiger partial charge in [0.05, 0.1) is 18.1 Å². The Kier molecular flexibility index (Phi) is 7.53. The molecule has 1 aliphatic heterocycles. The predicted molar refractivity (Wildman–Crippen MR) is 136 cm³/mol. The third-order valence-corrected chi connectivity index (χ3v) is 7.39. The average molecular weight is 467 g/mol. The zero-order valence-corrected chi connectivity index (χ0v) is 20.7. The van der Waals surface area contributed by atoms with Crippen molar-refractivity contribution in [3.8, 4) is 11.5 Å². The normalized spacial score (nSPS) is 24.4. The molecule has 4 rings (SSSR count). The van der Waals surface area contributed by atoms with Crippen LogP contribution in [0.1, 0.15) is 52.0 Å². The highest BCUT2D eigenvalue weighted by molar-refractivity contribution is 8.05. The van der Waals surface area contributed by atoms with Crippen molar-refractivity contribution in [3.05, 3.63) is 59.0 Å². The highest BCUT2D eigenvalue weighted by Gasteiger charge is 2.42. The number of hydrogen-bond acceptors (Lipinski definition) is 5. The molecule has 2 aromatic carbocycles. The Balaban J connectivity index is 1.63. The number of carbonyl (C=O) groups is 1. The molecule has 1 aliphatic carbocycles. The summed E-state index contributed by atoms with van der Waals surface area (Å²) in [6, 6.07) is 16.2. The van der Waals surface area contributed by atoms with E-state index in [2.05, 4.69) is 17.1 Å². The minimum absolute atomic E-state index is 0.0610. The van der Waals surface area contributed by atoms with Gasteiger partial charge < -0.3 is 19.7 Å². The Labute approximate surface area is 201 Å². The Morgan fingerprint density at radius 1 is 1.09 bits per heavy atom. The first kappa shape index (κ1) is 23.6. The number of rotatable bonds is 7. The van der Waals surface area contributed by atoms with Gasteiger partial charge in [-0.05, 0) is 68.5 Å². The van der Waals surface area contributed by atoms with Gasteiger partial charge in [-0.15, -0.1) is 0 Å². The van der Waals surface area contributed by atoms with Crippen LogP contribution in [-0.2, 0) is 4.79 Å². The molecule has 6 heteroatoms. The molecule has 1 unspecified atom stereocenters. The molecule has 1 amide bonds. The van der Waals surface area contributed by atoms with Crippen LogP contribution < -0.4 is 14.8 Å². The largest absolute Gasteiger partial charge is 0.493 e. The molecule has 33 heavy (non-hydrogen) atoms. The molecule has 1 N–H and O–H groups in total. The second kappa shape index (κ2) is 10.6. The second-order valence-electron chi connectivity index (χ2n) is 9.11. The number of methoxy groups -OCH3 is 1. The fourth-order valence-electron chi connectivity index (χ4n) is 4.64. The molecule has 2 aliphatic rings. The zero-order chi connectivity index (χ0) is 23.4. The molecular formula is C27H34N2O3S. The number of carbonyl (C=O) groups excluding carboxylic acids is 1. The molecule has 1 saturated carbocycles. The van der Waals surface area contributed by atoms with Crippen LogP contribution in [0.2, 0.25) is 0 Å². The standard InChI is InChI=1S/C27H34N2O3S/c1-18(2)32-23-15-14-20(16-24(23)31-4)17-25-26(30)29(22-13-9-8-10-19(22)3)27(33-25)28-21-11-6-5-7-12-21/h5-7,11-12,14-19,22,27-28H,8-10,13H2,1-4H3/b25-17-/t19-,22+,27?/m1/s1. The van der Waals surface area contributed by atoms with Crippen LogP contribution in [0, 0.1) is 5.92 Å². The molecule has 5 nitrogen and oxygen atoms in total. The third kappa shape index (κ3) is 5.49. The van der Waals surface area contributed by atoms with Crippen LogP contribution >= 0.6 is 11.8 Å². The summed E-state index contributed by atoms with van der Waals surface area (Å²) in [5.41, 5.74) is 1.83. The number of ether oxygens (including phenoxy) is 2. The first-order valence-corrected chi connectivity index (χ1v) is 12.7. The van der Waals surface area contributed by atoms with Crippen LogP contribution in [0.5, 0.6) is 11.5 Å². The summed E-state index contributed by atoms with van der Waals surface area (Å²) < 4.78 is 11.4. The summed E-state index contributed by atoms with van der Waals surface area (Å²) in [7, 11) is 1.64. The fourth-order valence-corrected chi connectivity index (χ4v) is 5.86. The van der Waals surface area contributed by atoms with E-state index in [1.54, 1.807) is 18.9 Å². The van der Waals surface area contributed by atoms with E-state index in [1.165, 1.54) is 19.3 Å². The molecule has 2 aromatic rings. The Hall–Kier alpha value is -2.60. The summed E-state index contributed by atoms with van der Waals surface area (Å²) in [5, 5.41) is 3.59. The molecule has 0 aromatic heterocycles. The highest BCUT2D eigenvalue weighted by Crippen LogP contribution is 2.42. The monoisotopic (exact) mass is 466 g/mol. The first-order chi connectivity index (χ1) is 16.0. The number of thioether (sulfide) groups is 1. The lowest BCUT2D eigenvalue weighted by Gasteiger charge is -2.39. The van der Waals surface area contributed by atoms with Gasteiger partial charge in [0.2, 0.25) is 0 Å². The number of para-hydroxylation sites is 1. The quantitative estimate of drug-likeness (QED) is 0.480. The van der Waals surface area contributed by atoms with Crippen molar-refractivity contribution in [2.24, 2.45) is 5.92 Å². The lowest BCUT2D eigenvalue weighted by Crippen LogP contribution is -2.48.